The Balaban J connectivity index is 1.67. The summed E-state index contributed by atoms with van der Waals surface area (Å²) in [5.74, 6) is -3.27. The van der Waals surface area contributed by atoms with Gasteiger partial charge in [0.2, 0.25) is 5.67 Å². The highest BCUT2D eigenvalue weighted by atomic mass is 19.2. The number of ether oxygens (including phenoxy) is 1. The Morgan fingerprint density at radius 1 is 1.12 bits per heavy atom. The summed E-state index contributed by atoms with van der Waals surface area (Å²) < 4.78 is 47.7. The number of phenolic OH excluding ortho intramolecular Hbond substituents is 1. The number of nitrogens with zero attached hydrogens (tertiary/aromatic N) is 1. The molecule has 1 saturated carbocycles. The van der Waals surface area contributed by atoms with Crippen molar-refractivity contribution in [3.8, 4) is 16.9 Å². The van der Waals surface area contributed by atoms with Crippen LogP contribution in [-0.2, 0) is 9.53 Å². The van der Waals surface area contributed by atoms with E-state index in [-0.39, 0.29) is 24.5 Å². The van der Waals surface area contributed by atoms with Crippen LogP contribution in [0.3, 0.4) is 0 Å². The molecule has 5 rings (SSSR count). The van der Waals surface area contributed by atoms with E-state index in [9.17, 15) is 23.1 Å². The number of aromatic nitrogens is 1. The summed E-state index contributed by atoms with van der Waals surface area (Å²) in [4.78, 5) is 16.0. The molecule has 0 bridgehead atoms. The highest BCUT2D eigenvalue weighted by molar-refractivity contribution is 6.06. The van der Waals surface area contributed by atoms with Crippen LogP contribution in [0.4, 0.5) is 19.0 Å². The minimum Gasteiger partial charge on any atom is -0.507 e. The number of phenols is 1. The summed E-state index contributed by atoms with van der Waals surface area (Å²) in [7, 11) is 0. The van der Waals surface area contributed by atoms with E-state index in [0.29, 0.717) is 59.5 Å². The quantitative estimate of drug-likeness (QED) is 0.476. The number of alkyl halides is 1. The van der Waals surface area contributed by atoms with Crippen LogP contribution in [0.15, 0.2) is 36.4 Å². The number of nitrogens with one attached hydrogen (secondary N) is 1. The van der Waals surface area contributed by atoms with Crippen LogP contribution in [0, 0.1) is 11.6 Å². The Morgan fingerprint density at radius 3 is 2.53 bits per heavy atom. The number of benzene rings is 2. The highest BCUT2D eigenvalue weighted by Gasteiger charge is 2.51. The van der Waals surface area contributed by atoms with Gasteiger partial charge in [-0.3, -0.25) is 0 Å². The lowest BCUT2D eigenvalue weighted by Gasteiger charge is -2.39. The molecule has 2 aromatic carbocycles. The summed E-state index contributed by atoms with van der Waals surface area (Å²) in [5.41, 5.74) is -0.641. The van der Waals surface area contributed by atoms with E-state index < -0.39 is 29.3 Å². The summed E-state index contributed by atoms with van der Waals surface area (Å²) in [5, 5.41) is 23.8. The molecule has 1 saturated heterocycles. The van der Waals surface area contributed by atoms with Gasteiger partial charge in [0.15, 0.2) is 11.6 Å². The number of carboxylic acids is 1. The molecule has 1 aromatic heterocycles. The standard InChI is InChI=1S/C25H23F3N2O4/c26-17-5-4-14(10-18(17)27)20-16-2-1-3-19(31)21(16)23(29-15-11-25(28,12-15)24(32)33)30-22(20)13-6-8-34-9-7-13/h1-5,10,13,15,31H,6-9,11-12H2,(H,29,30)(H,32,33). The van der Waals surface area contributed by atoms with Gasteiger partial charge in [0, 0.05) is 43.6 Å². The van der Waals surface area contributed by atoms with Gasteiger partial charge in [-0.25, -0.2) is 22.9 Å². The van der Waals surface area contributed by atoms with E-state index in [1.807, 2.05) is 0 Å². The number of fused-ring (bicyclic) bond motifs is 1. The zero-order valence-electron chi connectivity index (χ0n) is 18.2. The molecule has 2 aliphatic rings. The van der Waals surface area contributed by atoms with Crippen molar-refractivity contribution in [2.45, 2.75) is 43.3 Å². The Bertz CT molecular complexity index is 1270. The topological polar surface area (TPSA) is 91.7 Å². The van der Waals surface area contributed by atoms with Gasteiger partial charge >= 0.3 is 5.97 Å². The molecular weight excluding hydrogens is 449 g/mol. The van der Waals surface area contributed by atoms with Crippen LogP contribution in [0.25, 0.3) is 21.9 Å². The third-order valence-corrected chi connectivity index (χ3v) is 6.72. The van der Waals surface area contributed by atoms with Gasteiger partial charge in [0.05, 0.1) is 11.1 Å². The molecular formula is C25H23F3N2O4. The average molecular weight is 472 g/mol. The molecule has 3 N–H and O–H groups in total. The fourth-order valence-corrected chi connectivity index (χ4v) is 4.88. The first-order chi connectivity index (χ1) is 16.3. The first-order valence-corrected chi connectivity index (χ1v) is 11.1. The molecule has 0 radical (unpaired) electrons. The predicted molar refractivity (Wildman–Crippen MR) is 120 cm³/mol. The van der Waals surface area contributed by atoms with Gasteiger partial charge < -0.3 is 20.3 Å². The lowest BCUT2D eigenvalue weighted by molar-refractivity contribution is -0.157. The van der Waals surface area contributed by atoms with Gasteiger partial charge in [-0.1, -0.05) is 18.2 Å². The molecule has 9 heteroatoms. The van der Waals surface area contributed by atoms with E-state index in [0.717, 1.165) is 12.1 Å². The number of halogens is 3. The molecule has 2 fully saturated rings. The van der Waals surface area contributed by atoms with Crippen molar-refractivity contribution in [1.29, 1.82) is 0 Å². The number of carboxylic acid groups (broad SMARTS) is 1. The maximum atomic E-state index is 14.3. The van der Waals surface area contributed by atoms with E-state index >= 15 is 0 Å². The van der Waals surface area contributed by atoms with Gasteiger partial charge in [-0.15, -0.1) is 0 Å². The minimum atomic E-state index is -2.29. The van der Waals surface area contributed by atoms with Gasteiger partial charge in [-0.2, -0.15) is 0 Å². The second kappa shape index (κ2) is 8.47. The van der Waals surface area contributed by atoms with Crippen molar-refractivity contribution in [3.63, 3.8) is 0 Å². The minimum absolute atomic E-state index is 0.0372. The van der Waals surface area contributed by atoms with E-state index in [4.69, 9.17) is 14.8 Å². The summed E-state index contributed by atoms with van der Waals surface area (Å²) in [6, 6.07) is 8.06. The number of rotatable bonds is 5. The lowest BCUT2D eigenvalue weighted by Crippen LogP contribution is -2.52. The first kappa shape index (κ1) is 22.5. The maximum Gasteiger partial charge on any atom is 0.341 e. The van der Waals surface area contributed by atoms with Gasteiger partial charge in [0.1, 0.15) is 11.6 Å². The molecule has 0 spiro atoms. The van der Waals surface area contributed by atoms with Crippen molar-refractivity contribution in [3.05, 3.63) is 53.7 Å². The number of carbonyl (C=O) groups is 1. The molecule has 0 unspecified atom stereocenters. The fourth-order valence-electron chi connectivity index (χ4n) is 4.88. The highest BCUT2D eigenvalue weighted by Crippen LogP contribution is 2.45. The second-order valence-electron chi connectivity index (χ2n) is 8.96. The number of pyridine rings is 1. The van der Waals surface area contributed by atoms with Crippen LogP contribution in [0.2, 0.25) is 0 Å². The Morgan fingerprint density at radius 2 is 1.85 bits per heavy atom. The van der Waals surface area contributed by atoms with Crippen molar-refractivity contribution in [2.75, 3.05) is 18.5 Å². The Kier molecular flexibility index (Phi) is 5.59. The van der Waals surface area contributed by atoms with Crippen LogP contribution in [0.5, 0.6) is 5.75 Å². The van der Waals surface area contributed by atoms with Crippen LogP contribution in [-0.4, -0.2) is 46.1 Å². The van der Waals surface area contributed by atoms with Crippen molar-refractivity contribution < 1.29 is 32.9 Å². The number of aliphatic carboxylic acids is 1. The Hall–Kier alpha value is -3.33. The normalized spacial score (nSPS) is 23.0. The van der Waals surface area contributed by atoms with Gasteiger partial charge in [-0.05, 0) is 42.0 Å². The molecule has 1 aliphatic carbocycles. The number of hydrogen-bond donors (Lipinski definition) is 3. The SMILES string of the molecule is O=C(O)C1(F)CC(Nc2nc(C3CCOCC3)c(-c3ccc(F)c(F)c3)c3cccc(O)c23)C1. The second-order valence-corrected chi connectivity index (χ2v) is 8.96. The number of anilines is 1. The molecule has 2 heterocycles. The largest absolute Gasteiger partial charge is 0.507 e. The molecule has 178 valence electrons. The van der Waals surface area contributed by atoms with Crippen molar-refractivity contribution in [1.82, 2.24) is 4.98 Å². The average Bonchev–Trinajstić information content (AvgIpc) is 2.80. The zero-order chi connectivity index (χ0) is 24.0. The summed E-state index contributed by atoms with van der Waals surface area (Å²) in [6.45, 7) is 1.05. The van der Waals surface area contributed by atoms with Crippen molar-refractivity contribution >= 4 is 22.6 Å². The van der Waals surface area contributed by atoms with E-state index in [1.165, 1.54) is 12.1 Å². The number of aromatic hydroxyl groups is 1. The lowest BCUT2D eigenvalue weighted by atomic mass is 9.77. The summed E-state index contributed by atoms with van der Waals surface area (Å²) in [6.07, 6.45) is 0.889. The van der Waals surface area contributed by atoms with Crippen LogP contribution in [0.1, 0.15) is 37.3 Å². The third-order valence-electron chi connectivity index (χ3n) is 6.72. The van der Waals surface area contributed by atoms with E-state index in [1.54, 1.807) is 12.1 Å². The number of hydrogen-bond acceptors (Lipinski definition) is 5. The smallest absolute Gasteiger partial charge is 0.341 e. The maximum absolute atomic E-state index is 14.3. The molecule has 0 amide bonds. The molecule has 34 heavy (non-hydrogen) atoms. The predicted octanol–water partition coefficient (Wildman–Crippen LogP) is 5.15. The molecule has 1 aliphatic heterocycles. The first-order valence-electron chi connectivity index (χ1n) is 11.1. The molecule has 0 atom stereocenters. The molecule has 3 aromatic rings. The fraction of sp³-hybridized carbons (Fsp3) is 0.360. The zero-order valence-corrected chi connectivity index (χ0v) is 18.2. The summed E-state index contributed by atoms with van der Waals surface area (Å²) >= 11 is 0. The third kappa shape index (κ3) is 3.83. The van der Waals surface area contributed by atoms with Crippen LogP contribution < -0.4 is 5.32 Å². The van der Waals surface area contributed by atoms with E-state index in [2.05, 4.69) is 5.32 Å². The molecule has 6 nitrogen and oxygen atoms in total. The van der Waals surface area contributed by atoms with Gasteiger partial charge in [0.25, 0.3) is 0 Å². The Labute approximate surface area is 193 Å². The monoisotopic (exact) mass is 472 g/mol. The van der Waals surface area contributed by atoms with Crippen molar-refractivity contribution in [2.24, 2.45) is 0 Å². The van der Waals surface area contributed by atoms with Crippen LogP contribution >= 0.6 is 0 Å².